The summed E-state index contributed by atoms with van der Waals surface area (Å²) in [5, 5.41) is 0.813. The van der Waals surface area contributed by atoms with Gasteiger partial charge in [-0.3, -0.25) is 0 Å². The van der Waals surface area contributed by atoms with Crippen molar-refractivity contribution in [2.24, 2.45) is 4.99 Å². The average Bonchev–Trinajstić information content (AvgIpc) is 3.28. The minimum Gasteiger partial charge on any atom is -0.357 e. The molecule has 0 amide bonds. The lowest BCUT2D eigenvalue weighted by molar-refractivity contribution is 0.376. The molecule has 0 unspecified atom stereocenters. The minimum absolute atomic E-state index is 0.371. The van der Waals surface area contributed by atoms with Crippen LogP contribution in [-0.2, 0) is 0 Å². The SMILES string of the molecule is CN(C)C1=N[C@@H]2C(=C[C@H](c3ccccc3)n3c(=O)n(-c4ccccc4)c(=O)n32)S1. The summed E-state index contributed by atoms with van der Waals surface area (Å²) in [5.74, 6) is 0. The molecular weight excluding hydrogens is 386 g/mol. The topological polar surface area (TPSA) is 64.5 Å². The van der Waals surface area contributed by atoms with E-state index < -0.39 is 6.17 Å². The van der Waals surface area contributed by atoms with Gasteiger partial charge in [0.15, 0.2) is 11.3 Å². The third-order valence-electron chi connectivity index (χ3n) is 5.06. The van der Waals surface area contributed by atoms with Crippen LogP contribution in [0.1, 0.15) is 17.8 Å². The van der Waals surface area contributed by atoms with Gasteiger partial charge in [-0.2, -0.15) is 4.68 Å². The number of thioether (sulfide) groups is 1. The van der Waals surface area contributed by atoms with E-state index in [1.54, 1.807) is 12.1 Å². The molecule has 0 spiro atoms. The number of para-hydroxylation sites is 1. The summed E-state index contributed by atoms with van der Waals surface area (Å²) in [6.07, 6.45) is 1.52. The van der Waals surface area contributed by atoms with E-state index in [0.29, 0.717) is 5.69 Å². The maximum absolute atomic E-state index is 13.4. The Hall–Kier alpha value is -3.26. The van der Waals surface area contributed by atoms with Crippen LogP contribution >= 0.6 is 11.8 Å². The number of benzene rings is 2. The van der Waals surface area contributed by atoms with Crippen LogP contribution in [0.15, 0.2) is 86.2 Å². The third kappa shape index (κ3) is 2.71. The van der Waals surface area contributed by atoms with Crippen LogP contribution < -0.4 is 11.4 Å². The second kappa shape index (κ2) is 6.66. The number of fused-ring (bicyclic) bond motifs is 3. The summed E-state index contributed by atoms with van der Waals surface area (Å²) in [5.41, 5.74) is 0.733. The van der Waals surface area contributed by atoms with Crippen LogP contribution in [0.4, 0.5) is 0 Å². The number of amidine groups is 1. The van der Waals surface area contributed by atoms with Crippen molar-refractivity contribution in [2.45, 2.75) is 12.2 Å². The number of nitrogens with zero attached hydrogens (tertiary/aromatic N) is 5. The highest BCUT2D eigenvalue weighted by Gasteiger charge is 2.38. The number of aromatic nitrogens is 3. The standard InChI is InChI=1S/C21H19N5O2S/c1-23(2)19-22-18-17(29-19)13-16(14-9-5-3-6-10-14)25-20(27)24(21(28)26(18)25)15-11-7-4-8-12-15/h3-13,16,18H,1-2H3/t16-,18+/m1/s1. The quantitative estimate of drug-likeness (QED) is 0.657. The molecule has 3 heterocycles. The largest absolute Gasteiger partial charge is 0.357 e. The van der Waals surface area contributed by atoms with Crippen molar-refractivity contribution in [3.63, 3.8) is 0 Å². The molecule has 8 heteroatoms. The second-order valence-electron chi connectivity index (χ2n) is 7.13. The van der Waals surface area contributed by atoms with Gasteiger partial charge in [0.2, 0.25) is 0 Å². The fourth-order valence-electron chi connectivity index (χ4n) is 3.71. The molecule has 2 atom stereocenters. The predicted molar refractivity (Wildman–Crippen MR) is 115 cm³/mol. The average molecular weight is 405 g/mol. The fraction of sp³-hybridized carbons (Fsp3) is 0.190. The zero-order valence-corrected chi connectivity index (χ0v) is 16.8. The number of hydrogen-bond donors (Lipinski definition) is 0. The lowest BCUT2D eigenvalue weighted by Crippen LogP contribution is -2.35. The Kier molecular flexibility index (Phi) is 4.09. The van der Waals surface area contributed by atoms with Crippen molar-refractivity contribution in [2.75, 3.05) is 14.1 Å². The van der Waals surface area contributed by atoms with E-state index in [2.05, 4.69) is 0 Å². The van der Waals surface area contributed by atoms with Gasteiger partial charge in [-0.15, -0.1) is 0 Å². The lowest BCUT2D eigenvalue weighted by Gasteiger charge is -2.26. The van der Waals surface area contributed by atoms with Gasteiger partial charge >= 0.3 is 11.4 Å². The minimum atomic E-state index is -0.525. The van der Waals surface area contributed by atoms with Crippen molar-refractivity contribution >= 4 is 16.9 Å². The Morgan fingerprint density at radius 3 is 2.17 bits per heavy atom. The van der Waals surface area contributed by atoms with Crippen molar-refractivity contribution in [1.82, 2.24) is 18.8 Å². The van der Waals surface area contributed by atoms with E-state index in [0.717, 1.165) is 15.6 Å². The summed E-state index contributed by atoms with van der Waals surface area (Å²) in [7, 11) is 3.84. The van der Waals surface area contributed by atoms with Gasteiger partial charge in [-0.1, -0.05) is 60.3 Å². The van der Waals surface area contributed by atoms with Crippen LogP contribution in [0.5, 0.6) is 0 Å². The monoisotopic (exact) mass is 405 g/mol. The molecule has 0 aliphatic carbocycles. The Morgan fingerprint density at radius 1 is 0.897 bits per heavy atom. The van der Waals surface area contributed by atoms with Gasteiger partial charge in [0.1, 0.15) is 0 Å². The zero-order valence-electron chi connectivity index (χ0n) is 16.0. The first-order valence-corrected chi connectivity index (χ1v) is 10.1. The highest BCUT2D eigenvalue weighted by atomic mass is 32.2. The molecule has 2 aliphatic rings. The number of rotatable bonds is 2. The highest BCUT2D eigenvalue weighted by molar-refractivity contribution is 8.17. The Balaban J connectivity index is 1.79. The molecule has 2 aromatic carbocycles. The molecule has 2 aliphatic heterocycles. The van der Waals surface area contributed by atoms with Crippen molar-refractivity contribution in [1.29, 1.82) is 0 Å². The molecule has 146 valence electrons. The Bertz CT molecular complexity index is 1250. The van der Waals surface area contributed by atoms with Crippen LogP contribution in [0, 0.1) is 0 Å². The molecule has 0 N–H and O–H groups in total. The third-order valence-corrected chi connectivity index (χ3v) is 6.29. The Morgan fingerprint density at radius 2 is 1.52 bits per heavy atom. The summed E-state index contributed by atoms with van der Waals surface area (Å²) < 4.78 is 4.24. The van der Waals surface area contributed by atoms with Gasteiger partial charge in [0.25, 0.3) is 0 Å². The van der Waals surface area contributed by atoms with Crippen LogP contribution in [0.25, 0.3) is 5.69 Å². The normalized spacial score (nSPS) is 19.9. The maximum Gasteiger partial charge on any atom is 0.354 e. The van der Waals surface area contributed by atoms with E-state index in [-0.39, 0.29) is 17.4 Å². The molecule has 29 heavy (non-hydrogen) atoms. The Labute approximate surface area is 171 Å². The molecule has 7 nitrogen and oxygen atoms in total. The van der Waals surface area contributed by atoms with Crippen LogP contribution in [-0.4, -0.2) is 38.1 Å². The smallest absolute Gasteiger partial charge is 0.354 e. The van der Waals surface area contributed by atoms with E-state index in [4.69, 9.17) is 4.99 Å². The summed E-state index contributed by atoms with van der Waals surface area (Å²) in [6.45, 7) is 0. The molecule has 3 aromatic rings. The molecule has 5 rings (SSSR count). The van der Waals surface area contributed by atoms with Gasteiger partial charge in [-0.05, 0) is 23.8 Å². The summed E-state index contributed by atoms with van der Waals surface area (Å²) in [6, 6.07) is 18.4. The maximum atomic E-state index is 13.4. The second-order valence-corrected chi connectivity index (χ2v) is 8.17. The first-order chi connectivity index (χ1) is 14.1. The van der Waals surface area contributed by atoms with Gasteiger partial charge < -0.3 is 4.90 Å². The number of aliphatic imine (C=N–C) groups is 1. The lowest BCUT2D eigenvalue weighted by atomic mass is 10.1. The molecule has 0 saturated heterocycles. The van der Waals surface area contributed by atoms with Gasteiger partial charge in [0, 0.05) is 19.0 Å². The molecule has 0 radical (unpaired) electrons. The van der Waals surface area contributed by atoms with Crippen LogP contribution in [0.2, 0.25) is 0 Å². The molecule has 0 fully saturated rings. The first-order valence-electron chi connectivity index (χ1n) is 9.27. The number of hydrogen-bond acceptors (Lipinski definition) is 5. The zero-order chi connectivity index (χ0) is 20.1. The summed E-state index contributed by atoms with van der Waals surface area (Å²) >= 11 is 1.54. The van der Waals surface area contributed by atoms with Gasteiger partial charge in [0.05, 0.1) is 11.7 Å². The predicted octanol–water partition coefficient (Wildman–Crippen LogP) is 2.45. The molecule has 0 saturated carbocycles. The van der Waals surface area contributed by atoms with Crippen molar-refractivity contribution in [3.8, 4) is 5.69 Å². The molecular formula is C21H19N5O2S. The fourth-order valence-corrected chi connectivity index (χ4v) is 4.71. The van der Waals surface area contributed by atoms with Gasteiger partial charge in [-0.25, -0.2) is 23.8 Å². The summed E-state index contributed by atoms with van der Waals surface area (Å²) in [4.78, 5) is 34.4. The van der Waals surface area contributed by atoms with E-state index >= 15 is 0 Å². The van der Waals surface area contributed by atoms with Crippen LogP contribution in [0.3, 0.4) is 0 Å². The highest BCUT2D eigenvalue weighted by Crippen LogP contribution is 2.42. The molecule has 1 aromatic heterocycles. The van der Waals surface area contributed by atoms with E-state index in [1.165, 1.54) is 25.7 Å². The number of allylic oxidation sites excluding steroid dienone is 1. The van der Waals surface area contributed by atoms with Crippen molar-refractivity contribution < 1.29 is 0 Å². The van der Waals surface area contributed by atoms with E-state index in [9.17, 15) is 9.59 Å². The van der Waals surface area contributed by atoms with Crippen molar-refractivity contribution in [3.05, 3.63) is 98.2 Å². The first kappa shape index (κ1) is 17.8. The molecule has 0 bridgehead atoms. The van der Waals surface area contributed by atoms with E-state index in [1.807, 2.05) is 73.6 Å².